The van der Waals surface area contributed by atoms with Crippen molar-refractivity contribution in [2.45, 2.75) is 6.54 Å². The van der Waals surface area contributed by atoms with Gasteiger partial charge < -0.3 is 15.2 Å². The van der Waals surface area contributed by atoms with Gasteiger partial charge in [-0.1, -0.05) is 6.07 Å². The third-order valence-corrected chi connectivity index (χ3v) is 3.83. The highest BCUT2D eigenvalue weighted by molar-refractivity contribution is 5.96. The minimum absolute atomic E-state index is 0.0358. The summed E-state index contributed by atoms with van der Waals surface area (Å²) in [6.07, 6.45) is 0.847. The molecule has 0 aliphatic rings. The quantitative estimate of drug-likeness (QED) is 0.653. The molecule has 0 aliphatic heterocycles. The van der Waals surface area contributed by atoms with Gasteiger partial charge in [0.15, 0.2) is 0 Å². The van der Waals surface area contributed by atoms with Gasteiger partial charge in [-0.3, -0.25) is 4.79 Å². The molecule has 0 atom stereocenters. The van der Waals surface area contributed by atoms with Crippen LogP contribution in [0.2, 0.25) is 0 Å². The molecule has 0 fully saturated rings. The second-order valence-corrected chi connectivity index (χ2v) is 5.86. The standard InChI is InChI=1S/C20H13F3N2O4/c21-13-3-5-15(6-4-13)29-19-16(8-14(22)10-25-19)18(26)24-9-12-2-1-11(20(27)28)7-17(12)23/h1-8,10H,9H2,(H,24,26)(H,27,28). The van der Waals surface area contributed by atoms with E-state index in [1.807, 2.05) is 0 Å². The molecule has 0 saturated heterocycles. The highest BCUT2D eigenvalue weighted by Gasteiger charge is 2.17. The van der Waals surface area contributed by atoms with Crippen molar-refractivity contribution < 1.29 is 32.6 Å². The molecule has 2 N–H and O–H groups in total. The van der Waals surface area contributed by atoms with Crippen LogP contribution < -0.4 is 10.1 Å². The summed E-state index contributed by atoms with van der Waals surface area (Å²) in [6.45, 7) is -0.281. The summed E-state index contributed by atoms with van der Waals surface area (Å²) < 4.78 is 46.0. The van der Waals surface area contributed by atoms with E-state index in [0.717, 1.165) is 30.5 Å². The van der Waals surface area contributed by atoms with Gasteiger partial charge in [0.2, 0.25) is 5.88 Å². The number of halogens is 3. The Morgan fingerprint density at radius 3 is 2.38 bits per heavy atom. The second-order valence-electron chi connectivity index (χ2n) is 5.86. The first-order valence-corrected chi connectivity index (χ1v) is 8.22. The van der Waals surface area contributed by atoms with Crippen LogP contribution in [0.1, 0.15) is 26.3 Å². The van der Waals surface area contributed by atoms with Gasteiger partial charge in [-0.05, 0) is 42.5 Å². The van der Waals surface area contributed by atoms with Crippen molar-refractivity contribution in [1.29, 1.82) is 0 Å². The van der Waals surface area contributed by atoms with Crippen molar-refractivity contribution in [2.75, 3.05) is 0 Å². The molecule has 0 unspecified atom stereocenters. The molecular formula is C20H13F3N2O4. The van der Waals surface area contributed by atoms with Crippen molar-refractivity contribution in [3.8, 4) is 11.6 Å². The van der Waals surface area contributed by atoms with E-state index in [9.17, 15) is 22.8 Å². The molecule has 1 heterocycles. The average molecular weight is 402 g/mol. The molecule has 0 radical (unpaired) electrons. The number of carboxylic acids is 1. The van der Waals surface area contributed by atoms with E-state index < -0.39 is 29.3 Å². The predicted octanol–water partition coefficient (Wildman–Crippen LogP) is 3.92. The highest BCUT2D eigenvalue weighted by atomic mass is 19.1. The number of aromatic carboxylic acids is 1. The van der Waals surface area contributed by atoms with Gasteiger partial charge in [0.1, 0.15) is 28.8 Å². The minimum Gasteiger partial charge on any atom is -0.478 e. The highest BCUT2D eigenvalue weighted by Crippen LogP contribution is 2.24. The fourth-order valence-corrected chi connectivity index (χ4v) is 2.38. The van der Waals surface area contributed by atoms with Crippen molar-refractivity contribution >= 4 is 11.9 Å². The van der Waals surface area contributed by atoms with E-state index in [2.05, 4.69) is 10.3 Å². The van der Waals surface area contributed by atoms with Gasteiger partial charge in [-0.15, -0.1) is 0 Å². The fourth-order valence-electron chi connectivity index (χ4n) is 2.38. The van der Waals surface area contributed by atoms with E-state index in [4.69, 9.17) is 9.84 Å². The molecule has 9 heteroatoms. The Balaban J connectivity index is 1.77. The molecular weight excluding hydrogens is 389 g/mol. The van der Waals surface area contributed by atoms with Crippen LogP contribution in [-0.4, -0.2) is 22.0 Å². The number of hydrogen-bond acceptors (Lipinski definition) is 4. The van der Waals surface area contributed by atoms with Gasteiger partial charge in [0.05, 0.1) is 11.8 Å². The Bertz CT molecular complexity index is 1070. The van der Waals surface area contributed by atoms with E-state index in [1.54, 1.807) is 0 Å². The third-order valence-electron chi connectivity index (χ3n) is 3.83. The summed E-state index contributed by atoms with van der Waals surface area (Å²) in [7, 11) is 0. The lowest BCUT2D eigenvalue weighted by molar-refractivity contribution is 0.0696. The lowest BCUT2D eigenvalue weighted by Crippen LogP contribution is -2.24. The summed E-state index contributed by atoms with van der Waals surface area (Å²) >= 11 is 0. The summed E-state index contributed by atoms with van der Waals surface area (Å²) in [5, 5.41) is 11.2. The van der Waals surface area contributed by atoms with Crippen LogP contribution in [0.25, 0.3) is 0 Å². The van der Waals surface area contributed by atoms with Crippen molar-refractivity contribution in [1.82, 2.24) is 10.3 Å². The summed E-state index contributed by atoms with van der Waals surface area (Å²) in [5.74, 6) is -4.22. The number of benzene rings is 2. The molecule has 0 spiro atoms. The Morgan fingerprint density at radius 2 is 1.72 bits per heavy atom. The van der Waals surface area contributed by atoms with Crippen LogP contribution in [-0.2, 0) is 6.54 Å². The smallest absolute Gasteiger partial charge is 0.335 e. The molecule has 3 rings (SSSR count). The zero-order chi connectivity index (χ0) is 21.0. The summed E-state index contributed by atoms with van der Waals surface area (Å²) in [4.78, 5) is 27.0. The van der Waals surface area contributed by atoms with Gasteiger partial charge in [0, 0.05) is 12.1 Å². The Morgan fingerprint density at radius 1 is 1.00 bits per heavy atom. The first-order chi connectivity index (χ1) is 13.8. The Hall–Kier alpha value is -3.88. The average Bonchev–Trinajstić information content (AvgIpc) is 2.69. The first-order valence-electron chi connectivity index (χ1n) is 8.22. The van der Waals surface area contributed by atoms with Gasteiger partial charge >= 0.3 is 5.97 Å². The fraction of sp³-hybridized carbons (Fsp3) is 0.0500. The SMILES string of the molecule is O=C(O)c1ccc(CNC(=O)c2cc(F)cnc2Oc2ccc(F)cc2)c(F)c1. The topological polar surface area (TPSA) is 88.5 Å². The number of ether oxygens (including phenoxy) is 1. The molecule has 148 valence electrons. The molecule has 6 nitrogen and oxygen atoms in total. The molecule has 1 aromatic heterocycles. The number of carboxylic acid groups (broad SMARTS) is 1. The number of nitrogens with one attached hydrogen (secondary N) is 1. The number of pyridine rings is 1. The van der Waals surface area contributed by atoms with Crippen molar-refractivity contribution in [3.05, 3.63) is 88.9 Å². The Kier molecular flexibility index (Phi) is 5.77. The number of amides is 1. The van der Waals surface area contributed by atoms with Crippen molar-refractivity contribution in [3.63, 3.8) is 0 Å². The largest absolute Gasteiger partial charge is 0.478 e. The van der Waals surface area contributed by atoms with Crippen LogP contribution in [0.15, 0.2) is 54.7 Å². The first kappa shape index (κ1) is 19.9. The van der Waals surface area contributed by atoms with Crippen LogP contribution in [0, 0.1) is 17.5 Å². The summed E-state index contributed by atoms with van der Waals surface area (Å²) in [5.41, 5.74) is -0.451. The molecule has 2 aromatic carbocycles. The zero-order valence-corrected chi connectivity index (χ0v) is 14.7. The number of carbonyl (C=O) groups excluding carboxylic acids is 1. The van der Waals surface area contributed by atoms with E-state index in [0.29, 0.717) is 0 Å². The summed E-state index contributed by atoms with van der Waals surface area (Å²) in [6, 6.07) is 9.04. The number of nitrogens with zero attached hydrogens (tertiary/aromatic N) is 1. The van der Waals surface area contributed by atoms with Crippen molar-refractivity contribution in [2.24, 2.45) is 0 Å². The molecule has 0 aliphatic carbocycles. The molecule has 3 aromatic rings. The van der Waals surface area contributed by atoms with Gasteiger partial charge in [0.25, 0.3) is 5.91 Å². The van der Waals surface area contributed by atoms with Gasteiger partial charge in [-0.25, -0.2) is 22.9 Å². The zero-order valence-electron chi connectivity index (χ0n) is 14.7. The van der Waals surface area contributed by atoms with Gasteiger partial charge in [-0.2, -0.15) is 0 Å². The molecule has 0 bridgehead atoms. The normalized spacial score (nSPS) is 10.4. The number of hydrogen-bond donors (Lipinski definition) is 2. The molecule has 1 amide bonds. The Labute approximate surface area is 162 Å². The van der Waals surface area contributed by atoms with Crippen LogP contribution in [0.3, 0.4) is 0 Å². The van der Waals surface area contributed by atoms with Crippen LogP contribution in [0.5, 0.6) is 11.6 Å². The number of rotatable bonds is 6. The lowest BCUT2D eigenvalue weighted by Gasteiger charge is -2.11. The predicted molar refractivity (Wildman–Crippen MR) is 95.2 cm³/mol. The van der Waals surface area contributed by atoms with Crippen LogP contribution in [0.4, 0.5) is 13.2 Å². The lowest BCUT2D eigenvalue weighted by atomic mass is 10.1. The number of carbonyl (C=O) groups is 2. The minimum atomic E-state index is -1.28. The molecule has 29 heavy (non-hydrogen) atoms. The molecule has 0 saturated carbocycles. The van der Waals surface area contributed by atoms with E-state index >= 15 is 0 Å². The maximum absolute atomic E-state index is 14.0. The van der Waals surface area contributed by atoms with E-state index in [-0.39, 0.29) is 34.9 Å². The van der Waals surface area contributed by atoms with E-state index in [1.165, 1.54) is 24.3 Å². The monoisotopic (exact) mass is 402 g/mol. The second kappa shape index (κ2) is 8.42. The maximum atomic E-state index is 14.0. The van der Waals surface area contributed by atoms with Crippen LogP contribution >= 0.6 is 0 Å². The number of aromatic nitrogens is 1. The third kappa shape index (κ3) is 4.89. The maximum Gasteiger partial charge on any atom is 0.335 e.